The van der Waals surface area contributed by atoms with E-state index < -0.39 is 0 Å². The lowest BCUT2D eigenvalue weighted by atomic mass is 9.70. The first-order valence-corrected chi connectivity index (χ1v) is 8.24. The average Bonchev–Trinajstić information content (AvgIpc) is 2.77. The number of para-hydroxylation sites is 1. The number of ether oxygens (including phenoxy) is 1. The summed E-state index contributed by atoms with van der Waals surface area (Å²) in [5.41, 5.74) is 2.46. The number of halogens is 1. The lowest BCUT2D eigenvalue weighted by Crippen LogP contribution is -2.31. The number of alkyl halides is 1. The molecule has 1 aromatic carbocycles. The van der Waals surface area contributed by atoms with Gasteiger partial charge in [0.15, 0.2) is 0 Å². The molecule has 3 rings (SSSR count). The second-order valence-corrected chi connectivity index (χ2v) is 7.05. The van der Waals surface area contributed by atoms with Gasteiger partial charge in [-0.3, -0.25) is 0 Å². The highest BCUT2D eigenvalue weighted by atomic mass is 35.5. The fourth-order valence-corrected chi connectivity index (χ4v) is 3.37. The fraction of sp³-hybridized carbons (Fsp3) is 0.588. The average molecular weight is 307 g/mol. The number of fused-ring (bicyclic) bond motifs is 1. The van der Waals surface area contributed by atoms with Crippen LogP contribution in [0.25, 0.3) is 11.0 Å². The molecule has 1 unspecified atom stereocenters. The SMILES string of the molecule is CCOc1cccc2c1nc(C(C)Cl)n2CC1(C)CCC1. The van der Waals surface area contributed by atoms with Gasteiger partial charge in [0.25, 0.3) is 0 Å². The van der Waals surface area contributed by atoms with Gasteiger partial charge < -0.3 is 9.30 Å². The van der Waals surface area contributed by atoms with Crippen molar-refractivity contribution < 1.29 is 4.74 Å². The molecule has 0 amide bonds. The van der Waals surface area contributed by atoms with Crippen LogP contribution in [-0.4, -0.2) is 16.2 Å². The largest absolute Gasteiger partial charge is 0.492 e. The van der Waals surface area contributed by atoms with Crippen LogP contribution in [0.2, 0.25) is 0 Å². The van der Waals surface area contributed by atoms with Crippen molar-refractivity contribution in [2.75, 3.05) is 6.61 Å². The molecule has 1 fully saturated rings. The zero-order valence-corrected chi connectivity index (χ0v) is 13.8. The third-order valence-corrected chi connectivity index (χ3v) is 4.72. The molecule has 1 aromatic heterocycles. The Balaban J connectivity index is 2.11. The molecule has 0 saturated heterocycles. The number of rotatable bonds is 5. The minimum atomic E-state index is -0.101. The zero-order chi connectivity index (χ0) is 15.0. The van der Waals surface area contributed by atoms with Crippen molar-refractivity contribution in [3.05, 3.63) is 24.0 Å². The smallest absolute Gasteiger partial charge is 0.147 e. The maximum Gasteiger partial charge on any atom is 0.147 e. The molecule has 1 aliphatic carbocycles. The molecule has 114 valence electrons. The Hall–Kier alpha value is -1.22. The second-order valence-electron chi connectivity index (χ2n) is 6.39. The van der Waals surface area contributed by atoms with Gasteiger partial charge in [0, 0.05) is 6.54 Å². The summed E-state index contributed by atoms with van der Waals surface area (Å²) < 4.78 is 8.02. The summed E-state index contributed by atoms with van der Waals surface area (Å²) in [6.45, 7) is 7.98. The van der Waals surface area contributed by atoms with Gasteiger partial charge in [0.2, 0.25) is 0 Å². The molecule has 0 spiro atoms. The van der Waals surface area contributed by atoms with Gasteiger partial charge in [-0.15, -0.1) is 11.6 Å². The van der Waals surface area contributed by atoms with E-state index in [9.17, 15) is 0 Å². The van der Waals surface area contributed by atoms with Crippen LogP contribution < -0.4 is 4.74 Å². The Bertz CT molecular complexity index is 644. The Labute approximate surface area is 131 Å². The first kappa shape index (κ1) is 14.7. The quantitative estimate of drug-likeness (QED) is 0.733. The van der Waals surface area contributed by atoms with E-state index in [4.69, 9.17) is 21.3 Å². The molecular formula is C17H23ClN2O. The van der Waals surface area contributed by atoms with Crippen LogP contribution in [0.1, 0.15) is 51.2 Å². The molecule has 1 atom stereocenters. The summed E-state index contributed by atoms with van der Waals surface area (Å²) in [4.78, 5) is 4.78. The number of hydrogen-bond donors (Lipinski definition) is 0. The van der Waals surface area contributed by atoms with Crippen LogP contribution in [-0.2, 0) is 6.54 Å². The Morgan fingerprint density at radius 3 is 2.76 bits per heavy atom. The first-order chi connectivity index (χ1) is 10.0. The van der Waals surface area contributed by atoms with Crippen LogP contribution in [0.5, 0.6) is 5.75 Å². The van der Waals surface area contributed by atoms with Gasteiger partial charge in [0.1, 0.15) is 17.1 Å². The third kappa shape index (κ3) is 2.64. The predicted molar refractivity (Wildman–Crippen MR) is 87.1 cm³/mol. The van der Waals surface area contributed by atoms with E-state index in [0.717, 1.165) is 29.2 Å². The van der Waals surface area contributed by atoms with Crippen LogP contribution >= 0.6 is 11.6 Å². The molecule has 1 aliphatic rings. The summed E-state index contributed by atoms with van der Waals surface area (Å²) >= 11 is 6.38. The van der Waals surface area contributed by atoms with Crippen molar-refractivity contribution in [1.82, 2.24) is 9.55 Å². The molecule has 2 aromatic rings. The molecule has 0 N–H and O–H groups in total. The van der Waals surface area contributed by atoms with E-state index in [-0.39, 0.29) is 5.38 Å². The number of benzene rings is 1. The number of aromatic nitrogens is 2. The fourth-order valence-electron chi connectivity index (χ4n) is 3.20. The van der Waals surface area contributed by atoms with Crippen molar-refractivity contribution in [2.24, 2.45) is 5.41 Å². The van der Waals surface area contributed by atoms with E-state index in [2.05, 4.69) is 17.6 Å². The molecule has 0 aliphatic heterocycles. The minimum absolute atomic E-state index is 0.101. The Kier molecular flexibility index (Phi) is 3.87. The number of nitrogens with zero attached hydrogens (tertiary/aromatic N) is 2. The predicted octanol–water partition coefficient (Wildman–Crippen LogP) is 4.93. The standard InChI is InChI=1S/C17H23ClN2O/c1-4-21-14-8-5-7-13-15(14)19-16(12(2)18)20(13)11-17(3)9-6-10-17/h5,7-8,12H,4,6,9-11H2,1-3H3. The summed E-state index contributed by atoms with van der Waals surface area (Å²) in [6.07, 6.45) is 3.90. The van der Waals surface area contributed by atoms with E-state index >= 15 is 0 Å². The Morgan fingerprint density at radius 1 is 1.43 bits per heavy atom. The van der Waals surface area contributed by atoms with E-state index in [0.29, 0.717) is 12.0 Å². The number of hydrogen-bond acceptors (Lipinski definition) is 2. The molecule has 1 heterocycles. The topological polar surface area (TPSA) is 27.1 Å². The maximum absolute atomic E-state index is 6.38. The molecule has 21 heavy (non-hydrogen) atoms. The number of imidazole rings is 1. The lowest BCUT2D eigenvalue weighted by Gasteiger charge is -2.39. The van der Waals surface area contributed by atoms with Gasteiger partial charge in [-0.05, 0) is 44.2 Å². The third-order valence-electron chi connectivity index (χ3n) is 4.53. The van der Waals surface area contributed by atoms with Crippen molar-refractivity contribution in [2.45, 2.75) is 52.0 Å². The summed E-state index contributed by atoms with van der Waals surface area (Å²) in [5, 5.41) is -0.101. The van der Waals surface area contributed by atoms with Crippen molar-refractivity contribution >= 4 is 22.6 Å². The molecule has 0 bridgehead atoms. The normalized spacial score (nSPS) is 18.5. The molecule has 1 saturated carbocycles. The highest BCUT2D eigenvalue weighted by Crippen LogP contribution is 2.43. The van der Waals surface area contributed by atoms with Gasteiger partial charge in [-0.1, -0.05) is 19.4 Å². The maximum atomic E-state index is 6.38. The van der Waals surface area contributed by atoms with E-state index in [1.54, 1.807) is 0 Å². The van der Waals surface area contributed by atoms with Crippen LogP contribution in [0.3, 0.4) is 0 Å². The van der Waals surface area contributed by atoms with Gasteiger partial charge in [-0.25, -0.2) is 4.98 Å². The van der Waals surface area contributed by atoms with Crippen LogP contribution in [0.15, 0.2) is 18.2 Å². The van der Waals surface area contributed by atoms with E-state index in [1.807, 2.05) is 26.0 Å². The van der Waals surface area contributed by atoms with Gasteiger partial charge >= 0.3 is 0 Å². The summed E-state index contributed by atoms with van der Waals surface area (Å²) in [7, 11) is 0. The van der Waals surface area contributed by atoms with E-state index in [1.165, 1.54) is 19.3 Å². The highest BCUT2D eigenvalue weighted by Gasteiger charge is 2.33. The highest BCUT2D eigenvalue weighted by molar-refractivity contribution is 6.20. The monoisotopic (exact) mass is 306 g/mol. The summed E-state index contributed by atoms with van der Waals surface area (Å²) in [6, 6.07) is 6.14. The Morgan fingerprint density at radius 2 is 2.19 bits per heavy atom. The first-order valence-electron chi connectivity index (χ1n) is 7.80. The minimum Gasteiger partial charge on any atom is -0.492 e. The van der Waals surface area contributed by atoms with Crippen molar-refractivity contribution in [3.63, 3.8) is 0 Å². The van der Waals surface area contributed by atoms with Crippen molar-refractivity contribution in [1.29, 1.82) is 0 Å². The lowest BCUT2D eigenvalue weighted by molar-refractivity contribution is 0.132. The zero-order valence-electron chi connectivity index (χ0n) is 13.0. The van der Waals surface area contributed by atoms with Gasteiger partial charge in [0.05, 0.1) is 17.5 Å². The summed E-state index contributed by atoms with van der Waals surface area (Å²) in [5.74, 6) is 1.80. The molecule has 4 heteroatoms. The van der Waals surface area contributed by atoms with Crippen LogP contribution in [0, 0.1) is 5.41 Å². The molecule has 3 nitrogen and oxygen atoms in total. The molecule has 0 radical (unpaired) electrons. The van der Waals surface area contributed by atoms with Crippen LogP contribution in [0.4, 0.5) is 0 Å². The van der Waals surface area contributed by atoms with Crippen molar-refractivity contribution in [3.8, 4) is 5.75 Å². The van der Waals surface area contributed by atoms with Gasteiger partial charge in [-0.2, -0.15) is 0 Å². The second kappa shape index (κ2) is 5.53. The molecular weight excluding hydrogens is 284 g/mol.